The molecule has 2 atom stereocenters. The number of rotatable bonds is 7. The van der Waals surface area contributed by atoms with Crippen LogP contribution in [0.2, 0.25) is 0 Å². The van der Waals surface area contributed by atoms with Gasteiger partial charge in [0.05, 0.1) is 17.5 Å². The van der Waals surface area contributed by atoms with E-state index >= 15 is 0 Å². The van der Waals surface area contributed by atoms with E-state index in [2.05, 4.69) is 14.7 Å². The summed E-state index contributed by atoms with van der Waals surface area (Å²) >= 11 is 0. The average Bonchev–Trinajstić information content (AvgIpc) is 3.37. The van der Waals surface area contributed by atoms with E-state index in [9.17, 15) is 26.7 Å². The normalized spacial score (nSPS) is 16.9. The SMILES string of the molecule is O=C(OCc1cccnc1)[C@H]1CC(c2c(F)cccc2F)=N[C@H]1c1ccc(-c2ccc(OC(F)(F)F)cc2)cc1. The molecular formula is C30H21F5N2O3. The second kappa shape index (κ2) is 11.3. The van der Waals surface area contributed by atoms with Crippen LogP contribution in [0.5, 0.6) is 5.75 Å². The number of carbonyl (C=O) groups is 1. The molecule has 10 heteroatoms. The minimum absolute atomic E-state index is 0.0216. The first-order valence-corrected chi connectivity index (χ1v) is 12.2. The molecule has 0 aliphatic carbocycles. The lowest BCUT2D eigenvalue weighted by Crippen LogP contribution is -2.22. The Morgan fingerprint density at radius 3 is 2.12 bits per heavy atom. The molecule has 0 N–H and O–H groups in total. The summed E-state index contributed by atoms with van der Waals surface area (Å²) in [4.78, 5) is 21.7. The average molecular weight is 552 g/mol. The largest absolute Gasteiger partial charge is 0.573 e. The predicted octanol–water partition coefficient (Wildman–Crippen LogP) is 7.22. The van der Waals surface area contributed by atoms with Gasteiger partial charge in [-0.15, -0.1) is 13.2 Å². The third-order valence-corrected chi connectivity index (χ3v) is 6.42. The molecule has 204 valence electrons. The number of nitrogens with zero attached hydrogens (tertiary/aromatic N) is 2. The summed E-state index contributed by atoms with van der Waals surface area (Å²) in [7, 11) is 0. The molecule has 0 bridgehead atoms. The number of aliphatic imine (C=N–C) groups is 1. The summed E-state index contributed by atoms with van der Waals surface area (Å²) < 4.78 is 75.9. The summed E-state index contributed by atoms with van der Waals surface area (Å²) in [5.41, 5.74) is 2.46. The van der Waals surface area contributed by atoms with Crippen molar-refractivity contribution < 1.29 is 36.2 Å². The Labute approximate surface area is 225 Å². The Bertz CT molecular complexity index is 1500. The Morgan fingerprint density at radius 1 is 0.875 bits per heavy atom. The molecule has 0 saturated carbocycles. The molecule has 0 radical (unpaired) electrons. The van der Waals surface area contributed by atoms with Crippen molar-refractivity contribution >= 4 is 11.7 Å². The maximum Gasteiger partial charge on any atom is 0.573 e. The lowest BCUT2D eigenvalue weighted by molar-refractivity contribution is -0.274. The summed E-state index contributed by atoms with van der Waals surface area (Å²) in [6, 6.07) is 18.5. The highest BCUT2D eigenvalue weighted by Gasteiger charge is 2.39. The van der Waals surface area contributed by atoms with Crippen LogP contribution >= 0.6 is 0 Å². The zero-order chi connectivity index (χ0) is 28.3. The van der Waals surface area contributed by atoms with Crippen LogP contribution in [0.1, 0.15) is 29.2 Å². The number of hydrogen-bond acceptors (Lipinski definition) is 5. The fourth-order valence-corrected chi connectivity index (χ4v) is 4.56. The van der Waals surface area contributed by atoms with Crippen LogP contribution in [0.3, 0.4) is 0 Å². The fourth-order valence-electron chi connectivity index (χ4n) is 4.56. The number of halogens is 5. The molecule has 1 aliphatic heterocycles. The molecule has 0 saturated heterocycles. The molecule has 2 heterocycles. The number of hydrogen-bond donors (Lipinski definition) is 0. The molecule has 5 nitrogen and oxygen atoms in total. The van der Waals surface area contributed by atoms with Crippen LogP contribution in [-0.2, 0) is 16.1 Å². The molecule has 1 aliphatic rings. The van der Waals surface area contributed by atoms with Gasteiger partial charge in [-0.2, -0.15) is 0 Å². The Balaban J connectivity index is 1.40. The lowest BCUT2D eigenvalue weighted by atomic mass is 9.90. The number of alkyl halides is 3. The lowest BCUT2D eigenvalue weighted by Gasteiger charge is -2.18. The number of carbonyl (C=O) groups excluding carboxylic acids is 1. The summed E-state index contributed by atoms with van der Waals surface area (Å²) in [5, 5.41) is 0. The summed E-state index contributed by atoms with van der Waals surface area (Å²) in [6.45, 7) is -0.0216. The van der Waals surface area contributed by atoms with Gasteiger partial charge in [-0.05, 0) is 47.0 Å². The quantitative estimate of drug-likeness (QED) is 0.179. The van der Waals surface area contributed by atoms with Gasteiger partial charge < -0.3 is 9.47 Å². The van der Waals surface area contributed by atoms with Crippen LogP contribution < -0.4 is 4.74 Å². The fraction of sp³-hybridized carbons (Fsp3) is 0.167. The first-order chi connectivity index (χ1) is 19.2. The van der Waals surface area contributed by atoms with Crippen LogP contribution in [-0.4, -0.2) is 23.0 Å². The van der Waals surface area contributed by atoms with Gasteiger partial charge in [0.1, 0.15) is 24.0 Å². The van der Waals surface area contributed by atoms with Crippen molar-refractivity contribution in [1.29, 1.82) is 0 Å². The van der Waals surface area contributed by atoms with Crippen LogP contribution in [0.15, 0.2) is 96.2 Å². The van der Waals surface area contributed by atoms with E-state index in [-0.39, 0.29) is 30.1 Å². The van der Waals surface area contributed by atoms with E-state index in [4.69, 9.17) is 4.74 Å². The molecule has 0 spiro atoms. The maximum atomic E-state index is 14.6. The van der Waals surface area contributed by atoms with Gasteiger partial charge in [0.2, 0.25) is 0 Å². The van der Waals surface area contributed by atoms with E-state index in [1.807, 2.05) is 0 Å². The maximum absolute atomic E-state index is 14.6. The van der Waals surface area contributed by atoms with E-state index < -0.39 is 35.9 Å². The Kier molecular flexibility index (Phi) is 7.59. The minimum Gasteiger partial charge on any atom is -0.460 e. The van der Waals surface area contributed by atoms with Gasteiger partial charge in [-0.25, -0.2) is 8.78 Å². The predicted molar refractivity (Wildman–Crippen MR) is 136 cm³/mol. The van der Waals surface area contributed by atoms with Crippen molar-refractivity contribution in [3.05, 3.63) is 120 Å². The highest BCUT2D eigenvalue weighted by Crippen LogP contribution is 2.39. The number of esters is 1. The van der Waals surface area contributed by atoms with Crippen molar-refractivity contribution in [2.45, 2.75) is 25.4 Å². The molecule has 0 fully saturated rings. The van der Waals surface area contributed by atoms with E-state index in [0.717, 1.165) is 12.1 Å². The third-order valence-electron chi connectivity index (χ3n) is 6.42. The zero-order valence-corrected chi connectivity index (χ0v) is 20.7. The first-order valence-electron chi connectivity index (χ1n) is 12.2. The molecule has 1 aromatic heterocycles. The van der Waals surface area contributed by atoms with Crippen molar-refractivity contribution in [3.63, 3.8) is 0 Å². The smallest absolute Gasteiger partial charge is 0.460 e. The zero-order valence-electron chi connectivity index (χ0n) is 20.7. The number of ether oxygens (including phenoxy) is 2. The Morgan fingerprint density at radius 2 is 1.52 bits per heavy atom. The van der Waals surface area contributed by atoms with Crippen LogP contribution in [0, 0.1) is 17.6 Å². The number of pyridine rings is 1. The topological polar surface area (TPSA) is 60.8 Å². The van der Waals surface area contributed by atoms with Gasteiger partial charge in [0.15, 0.2) is 0 Å². The molecule has 0 amide bonds. The Hall–Kier alpha value is -4.60. The third kappa shape index (κ3) is 6.17. The van der Waals surface area contributed by atoms with Gasteiger partial charge in [0, 0.05) is 30.1 Å². The van der Waals surface area contributed by atoms with Crippen LogP contribution in [0.25, 0.3) is 11.1 Å². The van der Waals surface area contributed by atoms with Gasteiger partial charge in [-0.3, -0.25) is 14.8 Å². The molecule has 0 unspecified atom stereocenters. The highest BCUT2D eigenvalue weighted by molar-refractivity contribution is 6.04. The number of aromatic nitrogens is 1. The van der Waals surface area contributed by atoms with Crippen molar-refractivity contribution in [1.82, 2.24) is 4.98 Å². The first kappa shape index (κ1) is 27.0. The van der Waals surface area contributed by atoms with Gasteiger partial charge >= 0.3 is 12.3 Å². The van der Waals surface area contributed by atoms with Crippen molar-refractivity contribution in [2.24, 2.45) is 10.9 Å². The van der Waals surface area contributed by atoms with E-state index in [1.54, 1.807) is 48.8 Å². The van der Waals surface area contributed by atoms with Gasteiger partial charge in [-0.1, -0.05) is 48.5 Å². The molecule has 5 rings (SSSR count). The number of benzene rings is 3. The van der Waals surface area contributed by atoms with Crippen LogP contribution in [0.4, 0.5) is 22.0 Å². The van der Waals surface area contributed by atoms with Crippen molar-refractivity contribution in [3.8, 4) is 16.9 Å². The summed E-state index contributed by atoms with van der Waals surface area (Å²) in [6.07, 6.45) is -1.66. The monoisotopic (exact) mass is 552 g/mol. The van der Waals surface area contributed by atoms with Crippen molar-refractivity contribution in [2.75, 3.05) is 0 Å². The molecule has 40 heavy (non-hydrogen) atoms. The highest BCUT2D eigenvalue weighted by atomic mass is 19.4. The minimum atomic E-state index is -4.79. The molecular weight excluding hydrogens is 531 g/mol. The molecule has 3 aromatic carbocycles. The van der Waals surface area contributed by atoms with E-state index in [1.165, 1.54) is 30.3 Å². The standard InChI is InChI=1S/C30H21F5N2O3/c31-24-4-1-5-25(32)27(24)26-15-23(29(38)39-17-18-3-2-14-36-16-18)28(37-26)21-8-6-19(7-9-21)20-10-12-22(13-11-20)40-30(33,34)35/h1-14,16,23,28H,15,17H2/t23-,28-/m0/s1. The second-order valence-corrected chi connectivity index (χ2v) is 9.09. The van der Waals surface area contributed by atoms with E-state index in [0.29, 0.717) is 22.3 Å². The second-order valence-electron chi connectivity index (χ2n) is 9.09. The summed E-state index contributed by atoms with van der Waals surface area (Å²) in [5.74, 6) is -3.32. The molecule has 4 aromatic rings. The van der Waals surface area contributed by atoms with Gasteiger partial charge in [0.25, 0.3) is 0 Å².